The monoisotopic (exact) mass is 325 g/mol. The van der Waals surface area contributed by atoms with Gasteiger partial charge in [0.1, 0.15) is 0 Å². The predicted octanol–water partition coefficient (Wildman–Crippen LogP) is 3.37. The van der Waals surface area contributed by atoms with Crippen molar-refractivity contribution in [3.8, 4) is 6.07 Å². The lowest BCUT2D eigenvalue weighted by atomic mass is 10.0. The Morgan fingerprint density at radius 3 is 1.75 bits per heavy atom. The average molecular weight is 325 g/mol. The third-order valence-electron chi connectivity index (χ3n) is 2.69. The lowest BCUT2D eigenvalue weighted by Gasteiger charge is -2.22. The standard InChI is InChI=1S/C10H13F6NO2S/c1-8(7-17,3-2-4-9(11,12)13)20(18,19)6-5-10(14,15)16/h2-6H2,1H3. The summed E-state index contributed by atoms with van der Waals surface area (Å²) < 4.78 is 93.0. The van der Waals surface area contributed by atoms with Crippen molar-refractivity contribution in [3.05, 3.63) is 0 Å². The quantitative estimate of drug-likeness (QED) is 0.704. The predicted molar refractivity (Wildman–Crippen MR) is 58.4 cm³/mol. The zero-order valence-corrected chi connectivity index (χ0v) is 11.3. The first kappa shape index (κ1) is 19.0. The van der Waals surface area contributed by atoms with Crippen LogP contribution in [-0.2, 0) is 9.84 Å². The van der Waals surface area contributed by atoms with Gasteiger partial charge in [-0.1, -0.05) is 0 Å². The molecule has 0 bridgehead atoms. The molecule has 0 rings (SSSR count). The van der Waals surface area contributed by atoms with Gasteiger partial charge in [0.15, 0.2) is 14.6 Å². The molecule has 0 amide bonds. The highest BCUT2D eigenvalue weighted by Gasteiger charge is 2.42. The summed E-state index contributed by atoms with van der Waals surface area (Å²) in [4.78, 5) is 0. The Kier molecular flexibility index (Phi) is 5.89. The van der Waals surface area contributed by atoms with Gasteiger partial charge in [0, 0.05) is 6.42 Å². The lowest BCUT2D eigenvalue weighted by Crippen LogP contribution is -2.37. The van der Waals surface area contributed by atoms with Gasteiger partial charge < -0.3 is 0 Å². The van der Waals surface area contributed by atoms with Gasteiger partial charge in [0.05, 0.1) is 18.2 Å². The maximum atomic E-state index is 12.0. The molecule has 0 aromatic rings. The summed E-state index contributed by atoms with van der Waals surface area (Å²) in [5.41, 5.74) is 0. The molecule has 10 heteroatoms. The summed E-state index contributed by atoms with van der Waals surface area (Å²) in [6.45, 7) is 0.842. The maximum Gasteiger partial charge on any atom is 0.390 e. The fraction of sp³-hybridized carbons (Fsp3) is 0.900. The Bertz CT molecular complexity index is 462. The van der Waals surface area contributed by atoms with Crippen LogP contribution in [0, 0.1) is 11.3 Å². The molecule has 118 valence electrons. The van der Waals surface area contributed by atoms with E-state index in [1.165, 1.54) is 6.07 Å². The smallest absolute Gasteiger partial charge is 0.227 e. The number of alkyl halides is 6. The lowest BCUT2D eigenvalue weighted by molar-refractivity contribution is -0.135. The topological polar surface area (TPSA) is 57.9 Å². The van der Waals surface area contributed by atoms with Crippen molar-refractivity contribution < 1.29 is 34.8 Å². The molecule has 0 aliphatic carbocycles. The van der Waals surface area contributed by atoms with Gasteiger partial charge in [-0.15, -0.1) is 0 Å². The molecule has 1 atom stereocenters. The third-order valence-corrected chi connectivity index (χ3v) is 5.10. The molecule has 0 heterocycles. The summed E-state index contributed by atoms with van der Waals surface area (Å²) in [6, 6.07) is 1.32. The molecule has 1 unspecified atom stereocenters. The number of hydrogen-bond acceptors (Lipinski definition) is 3. The van der Waals surface area contributed by atoms with Crippen molar-refractivity contribution in [3.63, 3.8) is 0 Å². The van der Waals surface area contributed by atoms with Crippen LogP contribution < -0.4 is 0 Å². The molecule has 0 saturated heterocycles. The van der Waals surface area contributed by atoms with Crippen LogP contribution in [0.25, 0.3) is 0 Å². The minimum atomic E-state index is -4.71. The molecule has 0 aromatic heterocycles. The first-order valence-electron chi connectivity index (χ1n) is 5.49. The molecule has 0 aliphatic heterocycles. The molecule has 0 radical (unpaired) electrons. The zero-order chi connectivity index (χ0) is 16.2. The fourth-order valence-electron chi connectivity index (χ4n) is 1.38. The normalized spacial score (nSPS) is 16.5. The summed E-state index contributed by atoms with van der Waals surface area (Å²) in [5.74, 6) is -1.31. The molecule has 3 nitrogen and oxygen atoms in total. The average Bonchev–Trinajstić information content (AvgIpc) is 2.23. The Labute approximate surface area is 112 Å². The highest BCUT2D eigenvalue weighted by atomic mass is 32.2. The van der Waals surface area contributed by atoms with Crippen LogP contribution in [-0.4, -0.2) is 31.3 Å². The van der Waals surface area contributed by atoms with Gasteiger partial charge in [0.2, 0.25) is 0 Å². The summed E-state index contributed by atoms with van der Waals surface area (Å²) >= 11 is 0. The molecular formula is C10H13F6NO2S. The highest BCUT2D eigenvalue weighted by Crippen LogP contribution is 2.31. The van der Waals surface area contributed by atoms with Gasteiger partial charge in [0.25, 0.3) is 0 Å². The second kappa shape index (κ2) is 6.20. The number of hydrogen-bond donors (Lipinski definition) is 0. The number of nitrogens with zero attached hydrogens (tertiary/aromatic N) is 1. The van der Waals surface area contributed by atoms with Gasteiger partial charge in [-0.05, 0) is 19.8 Å². The molecule has 20 heavy (non-hydrogen) atoms. The SMILES string of the molecule is CC(C#N)(CCCC(F)(F)F)S(=O)(=O)CCC(F)(F)F. The van der Waals surface area contributed by atoms with Crippen LogP contribution in [0.15, 0.2) is 0 Å². The fourth-order valence-corrected chi connectivity index (χ4v) is 2.93. The van der Waals surface area contributed by atoms with E-state index in [1.807, 2.05) is 0 Å². The highest BCUT2D eigenvalue weighted by molar-refractivity contribution is 7.93. The number of sulfone groups is 1. The van der Waals surface area contributed by atoms with Gasteiger partial charge in [-0.2, -0.15) is 31.6 Å². The second-order valence-electron chi connectivity index (χ2n) is 4.50. The number of rotatable bonds is 6. The number of nitriles is 1. The largest absolute Gasteiger partial charge is 0.390 e. The van der Waals surface area contributed by atoms with Crippen LogP contribution in [0.4, 0.5) is 26.3 Å². The number of halogens is 6. The van der Waals surface area contributed by atoms with Gasteiger partial charge in [-0.3, -0.25) is 0 Å². The second-order valence-corrected chi connectivity index (χ2v) is 7.03. The minimum absolute atomic E-state index is 0.640. The molecule has 0 aromatic carbocycles. The van der Waals surface area contributed by atoms with Crippen molar-refractivity contribution in [1.29, 1.82) is 5.26 Å². The van der Waals surface area contributed by atoms with Gasteiger partial charge in [-0.25, -0.2) is 8.42 Å². The van der Waals surface area contributed by atoms with Crippen LogP contribution in [0.1, 0.15) is 32.6 Å². The minimum Gasteiger partial charge on any atom is -0.227 e. The maximum absolute atomic E-state index is 12.0. The molecule has 0 fully saturated rings. The van der Waals surface area contributed by atoms with E-state index in [0.717, 1.165) is 6.92 Å². The van der Waals surface area contributed by atoms with E-state index in [2.05, 4.69) is 0 Å². The van der Waals surface area contributed by atoms with Gasteiger partial charge >= 0.3 is 12.4 Å². The van der Waals surface area contributed by atoms with Crippen LogP contribution in [0.2, 0.25) is 0 Å². The van der Waals surface area contributed by atoms with E-state index in [1.54, 1.807) is 0 Å². The van der Waals surface area contributed by atoms with E-state index in [0.29, 0.717) is 0 Å². The van der Waals surface area contributed by atoms with E-state index in [-0.39, 0.29) is 0 Å². The summed E-state index contributed by atoms with van der Waals surface area (Å²) in [5, 5.41) is 8.79. The zero-order valence-electron chi connectivity index (χ0n) is 10.5. The van der Waals surface area contributed by atoms with Crippen LogP contribution in [0.5, 0.6) is 0 Å². The van der Waals surface area contributed by atoms with Crippen LogP contribution >= 0.6 is 0 Å². The summed E-state index contributed by atoms with van der Waals surface area (Å²) in [6.07, 6.45) is -13.4. The van der Waals surface area contributed by atoms with Crippen molar-refractivity contribution >= 4 is 9.84 Å². The van der Waals surface area contributed by atoms with Crippen molar-refractivity contribution in [1.82, 2.24) is 0 Å². The third kappa shape index (κ3) is 6.45. The Balaban J connectivity index is 4.82. The van der Waals surface area contributed by atoms with Crippen LogP contribution in [0.3, 0.4) is 0 Å². The molecular weight excluding hydrogens is 312 g/mol. The Morgan fingerprint density at radius 1 is 0.950 bits per heavy atom. The van der Waals surface area contributed by atoms with E-state index < -0.39 is 58.4 Å². The molecule has 0 spiro atoms. The first-order valence-corrected chi connectivity index (χ1v) is 7.15. The molecule has 0 saturated carbocycles. The van der Waals surface area contributed by atoms with E-state index >= 15 is 0 Å². The van der Waals surface area contributed by atoms with Crippen molar-refractivity contribution in [2.75, 3.05) is 5.75 Å². The van der Waals surface area contributed by atoms with Crippen molar-refractivity contribution in [2.45, 2.75) is 49.7 Å². The first-order chi connectivity index (χ1) is 8.72. The Hall–Kier alpha value is -0.980. The van der Waals surface area contributed by atoms with Crippen molar-refractivity contribution in [2.24, 2.45) is 0 Å². The Morgan fingerprint density at radius 2 is 1.40 bits per heavy atom. The van der Waals surface area contributed by atoms with E-state index in [9.17, 15) is 34.8 Å². The molecule has 0 N–H and O–H groups in total. The van der Waals surface area contributed by atoms with E-state index in [4.69, 9.17) is 5.26 Å². The molecule has 0 aliphatic rings. The summed E-state index contributed by atoms with van der Waals surface area (Å²) in [7, 11) is -4.47.